The van der Waals surface area contributed by atoms with E-state index in [0.717, 1.165) is 17.1 Å². The number of benzene rings is 1. The number of carbonyl (C=O) groups excluding carboxylic acids is 1. The van der Waals surface area contributed by atoms with E-state index in [2.05, 4.69) is 29.5 Å². The Kier molecular flexibility index (Phi) is 6.18. The second-order valence-electron chi connectivity index (χ2n) is 6.38. The first-order chi connectivity index (χ1) is 11.4. The minimum Gasteiger partial charge on any atom is -0.491 e. The summed E-state index contributed by atoms with van der Waals surface area (Å²) in [5, 5.41) is 6.14. The molecule has 0 aliphatic carbocycles. The van der Waals surface area contributed by atoms with Crippen LogP contribution in [0.25, 0.3) is 0 Å². The van der Waals surface area contributed by atoms with Gasteiger partial charge in [-0.25, -0.2) is 0 Å². The normalized spacial score (nSPS) is 10.8. The van der Waals surface area contributed by atoms with Crippen molar-refractivity contribution in [2.75, 3.05) is 11.9 Å². The van der Waals surface area contributed by atoms with E-state index in [1.807, 2.05) is 38.1 Å². The molecule has 0 unspecified atom stereocenters. The van der Waals surface area contributed by atoms with Crippen molar-refractivity contribution in [1.29, 1.82) is 0 Å². The maximum Gasteiger partial charge on any atom is 0.252 e. The molecule has 0 atom stereocenters. The van der Waals surface area contributed by atoms with E-state index < -0.39 is 0 Å². The van der Waals surface area contributed by atoms with E-state index in [9.17, 15) is 4.79 Å². The molecule has 0 aliphatic rings. The summed E-state index contributed by atoms with van der Waals surface area (Å²) >= 11 is 0. The predicted molar refractivity (Wildman–Crippen MR) is 96.9 cm³/mol. The predicted octanol–water partition coefficient (Wildman–Crippen LogP) is 4.00. The summed E-state index contributed by atoms with van der Waals surface area (Å²) in [7, 11) is 0. The first-order valence-corrected chi connectivity index (χ1v) is 8.21. The monoisotopic (exact) mass is 327 g/mol. The highest BCUT2D eigenvalue weighted by atomic mass is 16.5. The molecule has 0 aliphatic heterocycles. The van der Waals surface area contributed by atoms with Crippen molar-refractivity contribution < 1.29 is 9.53 Å². The van der Waals surface area contributed by atoms with Crippen LogP contribution < -0.4 is 15.4 Å². The Balaban J connectivity index is 2.02. The van der Waals surface area contributed by atoms with Gasteiger partial charge >= 0.3 is 0 Å². The molecule has 1 heterocycles. The summed E-state index contributed by atoms with van der Waals surface area (Å²) in [5.41, 5.74) is 2.22. The molecule has 0 saturated heterocycles. The smallest absolute Gasteiger partial charge is 0.252 e. The zero-order chi connectivity index (χ0) is 17.5. The number of amides is 1. The van der Waals surface area contributed by atoms with E-state index in [-0.39, 0.29) is 12.0 Å². The lowest BCUT2D eigenvalue weighted by molar-refractivity contribution is 0.0948. The van der Waals surface area contributed by atoms with Gasteiger partial charge in [0.05, 0.1) is 23.6 Å². The highest BCUT2D eigenvalue weighted by Crippen LogP contribution is 2.21. The largest absolute Gasteiger partial charge is 0.491 e. The van der Waals surface area contributed by atoms with Gasteiger partial charge in [0.15, 0.2) is 0 Å². The Labute approximate surface area is 143 Å². The van der Waals surface area contributed by atoms with Crippen molar-refractivity contribution in [2.45, 2.75) is 33.8 Å². The summed E-state index contributed by atoms with van der Waals surface area (Å²) in [5.74, 6) is 1.13. The fourth-order valence-corrected chi connectivity index (χ4v) is 2.09. The Morgan fingerprint density at radius 1 is 1.08 bits per heavy atom. The number of ether oxygens (including phenoxy) is 1. The summed E-state index contributed by atoms with van der Waals surface area (Å²) < 4.78 is 5.62. The molecule has 1 amide bonds. The zero-order valence-corrected chi connectivity index (χ0v) is 14.7. The lowest BCUT2D eigenvalue weighted by atomic mass is 10.2. The van der Waals surface area contributed by atoms with Crippen LogP contribution in [0.2, 0.25) is 0 Å². The van der Waals surface area contributed by atoms with Gasteiger partial charge in [-0.1, -0.05) is 13.8 Å². The van der Waals surface area contributed by atoms with Gasteiger partial charge in [-0.15, -0.1) is 0 Å². The Morgan fingerprint density at radius 3 is 2.42 bits per heavy atom. The fourth-order valence-electron chi connectivity index (χ4n) is 2.09. The molecule has 2 rings (SSSR count). The number of carbonyl (C=O) groups is 1. The molecule has 5 nitrogen and oxygen atoms in total. The van der Waals surface area contributed by atoms with Gasteiger partial charge in [-0.2, -0.15) is 0 Å². The number of rotatable bonds is 7. The molecule has 0 bridgehead atoms. The van der Waals surface area contributed by atoms with Crippen molar-refractivity contribution in [3.63, 3.8) is 0 Å². The van der Waals surface area contributed by atoms with Crippen LogP contribution in [0.3, 0.4) is 0 Å². The van der Waals surface area contributed by atoms with Crippen LogP contribution in [-0.2, 0) is 0 Å². The molecule has 0 spiro atoms. The zero-order valence-electron chi connectivity index (χ0n) is 14.7. The first kappa shape index (κ1) is 17.8. The topological polar surface area (TPSA) is 63.2 Å². The summed E-state index contributed by atoms with van der Waals surface area (Å²) in [4.78, 5) is 16.2. The van der Waals surface area contributed by atoms with Crippen LogP contribution in [-0.4, -0.2) is 23.5 Å². The van der Waals surface area contributed by atoms with Gasteiger partial charge in [0, 0.05) is 18.4 Å². The first-order valence-electron chi connectivity index (χ1n) is 8.21. The molecular weight excluding hydrogens is 302 g/mol. The molecule has 1 aromatic heterocycles. The third-order valence-corrected chi connectivity index (χ3v) is 3.19. The van der Waals surface area contributed by atoms with Gasteiger partial charge in [0.1, 0.15) is 5.75 Å². The van der Waals surface area contributed by atoms with E-state index in [4.69, 9.17) is 4.74 Å². The van der Waals surface area contributed by atoms with E-state index >= 15 is 0 Å². The summed E-state index contributed by atoms with van der Waals surface area (Å²) in [6.45, 7) is 8.75. The molecule has 0 fully saturated rings. The third-order valence-electron chi connectivity index (χ3n) is 3.19. The van der Waals surface area contributed by atoms with Gasteiger partial charge in [0.25, 0.3) is 5.91 Å². The van der Waals surface area contributed by atoms with Crippen LogP contribution in [0.5, 0.6) is 5.75 Å². The molecule has 5 heteroatoms. The molecule has 24 heavy (non-hydrogen) atoms. The lowest BCUT2D eigenvalue weighted by Crippen LogP contribution is -2.27. The quantitative estimate of drug-likeness (QED) is 0.807. The maximum absolute atomic E-state index is 12.1. The van der Waals surface area contributed by atoms with Crippen LogP contribution in [0, 0.1) is 5.92 Å². The third kappa shape index (κ3) is 5.57. The van der Waals surface area contributed by atoms with E-state index in [1.54, 1.807) is 18.5 Å². The van der Waals surface area contributed by atoms with Crippen molar-refractivity contribution in [3.8, 4) is 5.75 Å². The number of pyridine rings is 1. The minimum absolute atomic E-state index is 0.111. The van der Waals surface area contributed by atoms with Gasteiger partial charge in [0.2, 0.25) is 0 Å². The van der Waals surface area contributed by atoms with Gasteiger partial charge < -0.3 is 15.4 Å². The van der Waals surface area contributed by atoms with Crippen LogP contribution in [0.1, 0.15) is 38.1 Å². The van der Waals surface area contributed by atoms with Crippen molar-refractivity contribution in [1.82, 2.24) is 10.3 Å². The number of hydrogen-bond donors (Lipinski definition) is 2. The SMILES string of the molecule is CC(C)CNC(=O)c1cncc(Nc2ccc(OC(C)C)cc2)c1. The van der Waals surface area contributed by atoms with E-state index in [0.29, 0.717) is 18.0 Å². The Hall–Kier alpha value is -2.56. The number of aromatic nitrogens is 1. The number of anilines is 2. The number of nitrogens with one attached hydrogen (secondary N) is 2. The second-order valence-corrected chi connectivity index (χ2v) is 6.38. The number of hydrogen-bond acceptors (Lipinski definition) is 4. The second kappa shape index (κ2) is 8.34. The van der Waals surface area contributed by atoms with Gasteiger partial charge in [-0.05, 0) is 50.1 Å². The highest BCUT2D eigenvalue weighted by Gasteiger charge is 2.07. The molecule has 1 aromatic carbocycles. The Morgan fingerprint density at radius 2 is 1.79 bits per heavy atom. The number of nitrogens with zero attached hydrogens (tertiary/aromatic N) is 1. The fraction of sp³-hybridized carbons (Fsp3) is 0.368. The molecule has 2 aromatic rings. The molecule has 0 saturated carbocycles. The van der Waals surface area contributed by atoms with Crippen LogP contribution >= 0.6 is 0 Å². The van der Waals surface area contributed by atoms with Crippen molar-refractivity contribution in [2.24, 2.45) is 5.92 Å². The van der Waals surface area contributed by atoms with Crippen LogP contribution in [0.15, 0.2) is 42.7 Å². The minimum atomic E-state index is -0.111. The standard InChI is InChI=1S/C19H25N3O2/c1-13(2)10-21-19(23)15-9-17(12-20-11-15)22-16-5-7-18(8-6-16)24-14(3)4/h5-9,11-14,22H,10H2,1-4H3,(H,21,23). The average Bonchev–Trinajstić information content (AvgIpc) is 2.54. The Bertz CT molecular complexity index is 667. The molecule has 0 radical (unpaired) electrons. The molecule has 2 N–H and O–H groups in total. The van der Waals surface area contributed by atoms with Crippen molar-refractivity contribution >= 4 is 17.3 Å². The maximum atomic E-state index is 12.1. The van der Waals surface area contributed by atoms with E-state index in [1.165, 1.54) is 0 Å². The summed E-state index contributed by atoms with van der Waals surface area (Å²) in [6.07, 6.45) is 3.41. The lowest BCUT2D eigenvalue weighted by Gasteiger charge is -2.12. The average molecular weight is 327 g/mol. The molecular formula is C19H25N3O2. The molecule has 128 valence electrons. The van der Waals surface area contributed by atoms with Gasteiger partial charge in [-0.3, -0.25) is 9.78 Å². The highest BCUT2D eigenvalue weighted by molar-refractivity contribution is 5.94. The summed E-state index contributed by atoms with van der Waals surface area (Å²) in [6, 6.07) is 9.48. The van der Waals surface area contributed by atoms with Crippen LogP contribution in [0.4, 0.5) is 11.4 Å². The van der Waals surface area contributed by atoms with Crippen molar-refractivity contribution in [3.05, 3.63) is 48.3 Å².